The summed E-state index contributed by atoms with van der Waals surface area (Å²) in [5.41, 5.74) is 1.11. The van der Waals surface area contributed by atoms with Gasteiger partial charge in [-0.05, 0) is 29.1 Å². The maximum Gasteiger partial charge on any atom is 0.107 e. The molecular weight excluding hydrogens is 343 g/mol. The van der Waals surface area contributed by atoms with Gasteiger partial charge in [0.1, 0.15) is 5.01 Å². The Kier molecular flexibility index (Phi) is 4.93. The fraction of sp³-hybridized carbons (Fsp3) is 0.133. The van der Waals surface area contributed by atoms with Crippen LogP contribution in [-0.2, 0) is 13.1 Å². The maximum absolute atomic E-state index is 6.00. The van der Waals surface area contributed by atoms with Crippen LogP contribution < -0.4 is 5.32 Å². The molecule has 2 nitrogen and oxygen atoms in total. The zero-order chi connectivity index (χ0) is 14.7. The first-order valence-corrected chi connectivity index (χ1v) is 8.81. The van der Waals surface area contributed by atoms with E-state index in [1.165, 1.54) is 9.75 Å². The number of rotatable bonds is 5. The van der Waals surface area contributed by atoms with Crippen molar-refractivity contribution in [2.75, 3.05) is 0 Å². The molecule has 0 saturated heterocycles. The number of halogens is 2. The van der Waals surface area contributed by atoms with E-state index in [-0.39, 0.29) is 0 Å². The number of aromatic nitrogens is 1. The molecule has 3 rings (SSSR count). The van der Waals surface area contributed by atoms with Gasteiger partial charge in [0.15, 0.2) is 0 Å². The number of nitrogens with one attached hydrogen (secondary N) is 1. The smallest absolute Gasteiger partial charge is 0.107 e. The summed E-state index contributed by atoms with van der Waals surface area (Å²) in [5, 5.41) is 7.71. The Morgan fingerprint density at radius 2 is 1.95 bits per heavy atom. The maximum atomic E-state index is 6.00. The minimum absolute atomic E-state index is 0.584. The van der Waals surface area contributed by atoms with E-state index >= 15 is 0 Å². The van der Waals surface area contributed by atoms with Gasteiger partial charge in [0.2, 0.25) is 0 Å². The lowest BCUT2D eigenvalue weighted by molar-refractivity contribution is 0.690. The zero-order valence-electron chi connectivity index (χ0n) is 11.0. The van der Waals surface area contributed by atoms with Gasteiger partial charge in [-0.2, -0.15) is 0 Å². The summed E-state index contributed by atoms with van der Waals surface area (Å²) in [6.07, 6.45) is 1.94. The lowest BCUT2D eigenvalue weighted by Gasteiger charge is -2.04. The molecule has 2 aromatic heterocycles. The minimum atomic E-state index is 0.584. The van der Waals surface area contributed by atoms with Crippen LogP contribution in [0.1, 0.15) is 10.6 Å². The van der Waals surface area contributed by atoms with Crippen LogP contribution in [0.3, 0.4) is 0 Å². The molecule has 0 atom stereocenters. The summed E-state index contributed by atoms with van der Waals surface area (Å²) in [7, 11) is 0. The number of thiophene rings is 1. The van der Waals surface area contributed by atoms with Gasteiger partial charge in [0, 0.05) is 24.2 Å². The first kappa shape index (κ1) is 15.0. The third-order valence-electron chi connectivity index (χ3n) is 2.91. The van der Waals surface area contributed by atoms with Crippen molar-refractivity contribution in [3.8, 4) is 9.75 Å². The van der Waals surface area contributed by atoms with Crippen molar-refractivity contribution in [3.05, 3.63) is 62.5 Å². The zero-order valence-corrected chi connectivity index (χ0v) is 14.1. The Balaban J connectivity index is 1.57. The largest absolute Gasteiger partial charge is 0.306 e. The van der Waals surface area contributed by atoms with E-state index in [9.17, 15) is 0 Å². The predicted molar refractivity (Wildman–Crippen MR) is 92.4 cm³/mol. The lowest BCUT2D eigenvalue weighted by Crippen LogP contribution is -2.12. The standard InChI is InChI=1S/C15H12Cl2N2S2/c16-11-4-3-10(6-12(11)17)7-18-9-15-19-8-14(21-15)13-2-1-5-20-13/h1-6,8,18H,7,9H2. The van der Waals surface area contributed by atoms with E-state index < -0.39 is 0 Å². The van der Waals surface area contributed by atoms with E-state index in [0.29, 0.717) is 10.0 Å². The van der Waals surface area contributed by atoms with E-state index in [1.54, 1.807) is 22.7 Å². The van der Waals surface area contributed by atoms with Crippen LogP contribution in [0.25, 0.3) is 9.75 Å². The molecule has 0 aliphatic heterocycles. The highest BCUT2D eigenvalue weighted by molar-refractivity contribution is 7.21. The van der Waals surface area contributed by atoms with Gasteiger partial charge in [0.05, 0.1) is 14.9 Å². The Bertz CT molecular complexity index is 723. The highest BCUT2D eigenvalue weighted by Crippen LogP contribution is 2.29. The van der Waals surface area contributed by atoms with Crippen LogP contribution in [-0.4, -0.2) is 4.98 Å². The molecule has 0 saturated carbocycles. The van der Waals surface area contributed by atoms with Crippen molar-refractivity contribution < 1.29 is 0 Å². The van der Waals surface area contributed by atoms with Crippen LogP contribution in [0.5, 0.6) is 0 Å². The Morgan fingerprint density at radius 3 is 2.71 bits per heavy atom. The molecule has 0 spiro atoms. The van der Waals surface area contributed by atoms with Crippen LogP contribution in [0.15, 0.2) is 41.9 Å². The summed E-state index contributed by atoms with van der Waals surface area (Å²) in [5.74, 6) is 0. The third-order valence-corrected chi connectivity index (χ3v) is 5.71. The molecule has 0 aliphatic rings. The van der Waals surface area contributed by atoms with Crippen molar-refractivity contribution in [3.63, 3.8) is 0 Å². The Labute approximate surface area is 141 Å². The predicted octanol–water partition coefficient (Wildman–Crippen LogP) is 5.47. The topological polar surface area (TPSA) is 24.9 Å². The quantitative estimate of drug-likeness (QED) is 0.657. The second kappa shape index (κ2) is 6.90. The fourth-order valence-electron chi connectivity index (χ4n) is 1.89. The normalized spacial score (nSPS) is 11.0. The average molecular weight is 355 g/mol. The molecule has 3 aromatic rings. The Hall–Kier alpha value is -0.910. The van der Waals surface area contributed by atoms with Gasteiger partial charge < -0.3 is 5.32 Å². The average Bonchev–Trinajstić information content (AvgIpc) is 3.13. The summed E-state index contributed by atoms with van der Waals surface area (Å²) in [6, 6.07) is 9.85. The number of benzene rings is 1. The van der Waals surface area contributed by atoms with Gasteiger partial charge in [-0.25, -0.2) is 4.98 Å². The molecule has 21 heavy (non-hydrogen) atoms. The van der Waals surface area contributed by atoms with E-state index in [1.807, 2.05) is 24.4 Å². The molecule has 0 fully saturated rings. The van der Waals surface area contributed by atoms with E-state index in [0.717, 1.165) is 23.7 Å². The molecule has 0 unspecified atom stereocenters. The van der Waals surface area contributed by atoms with Crippen LogP contribution >= 0.6 is 45.9 Å². The van der Waals surface area contributed by atoms with Crippen molar-refractivity contribution in [1.82, 2.24) is 10.3 Å². The second-order valence-electron chi connectivity index (χ2n) is 4.45. The number of hydrogen-bond acceptors (Lipinski definition) is 4. The molecule has 0 aliphatic carbocycles. The molecule has 0 amide bonds. The summed E-state index contributed by atoms with van der Waals surface area (Å²) < 4.78 is 0. The van der Waals surface area contributed by atoms with Crippen molar-refractivity contribution in [2.45, 2.75) is 13.1 Å². The van der Waals surface area contributed by atoms with Crippen molar-refractivity contribution >= 4 is 45.9 Å². The molecule has 2 heterocycles. The molecular formula is C15H12Cl2N2S2. The second-order valence-corrected chi connectivity index (χ2v) is 7.32. The summed E-state index contributed by atoms with van der Waals surface area (Å²) in [6.45, 7) is 1.49. The molecule has 108 valence electrons. The van der Waals surface area contributed by atoms with Gasteiger partial charge in [0.25, 0.3) is 0 Å². The molecule has 6 heteroatoms. The SMILES string of the molecule is Clc1ccc(CNCc2ncc(-c3cccs3)s2)cc1Cl. The fourth-order valence-corrected chi connectivity index (χ4v) is 3.92. The number of hydrogen-bond donors (Lipinski definition) is 1. The molecule has 0 bridgehead atoms. The molecule has 1 aromatic carbocycles. The highest BCUT2D eigenvalue weighted by Gasteiger charge is 2.05. The van der Waals surface area contributed by atoms with Crippen LogP contribution in [0.2, 0.25) is 10.0 Å². The van der Waals surface area contributed by atoms with Gasteiger partial charge in [-0.3, -0.25) is 0 Å². The van der Waals surface area contributed by atoms with Crippen molar-refractivity contribution in [1.29, 1.82) is 0 Å². The van der Waals surface area contributed by atoms with E-state index in [2.05, 4.69) is 27.8 Å². The highest BCUT2D eigenvalue weighted by atomic mass is 35.5. The van der Waals surface area contributed by atoms with Crippen LogP contribution in [0.4, 0.5) is 0 Å². The number of thiazole rings is 1. The Morgan fingerprint density at radius 1 is 1.05 bits per heavy atom. The van der Waals surface area contributed by atoms with Gasteiger partial charge >= 0.3 is 0 Å². The summed E-state index contributed by atoms with van der Waals surface area (Å²) in [4.78, 5) is 6.94. The number of nitrogens with zero attached hydrogens (tertiary/aromatic N) is 1. The lowest BCUT2D eigenvalue weighted by atomic mass is 10.2. The van der Waals surface area contributed by atoms with Crippen molar-refractivity contribution in [2.24, 2.45) is 0 Å². The minimum Gasteiger partial charge on any atom is -0.306 e. The molecule has 0 radical (unpaired) electrons. The summed E-state index contributed by atoms with van der Waals surface area (Å²) >= 11 is 15.4. The molecule has 1 N–H and O–H groups in total. The first-order valence-electron chi connectivity index (χ1n) is 6.35. The monoisotopic (exact) mass is 354 g/mol. The van der Waals surface area contributed by atoms with E-state index in [4.69, 9.17) is 23.2 Å². The van der Waals surface area contributed by atoms with Gasteiger partial charge in [-0.15, -0.1) is 22.7 Å². The first-order chi connectivity index (χ1) is 10.2. The van der Waals surface area contributed by atoms with Crippen LogP contribution in [0, 0.1) is 0 Å². The third kappa shape index (κ3) is 3.84. The van der Waals surface area contributed by atoms with Gasteiger partial charge in [-0.1, -0.05) is 35.3 Å².